The first-order valence-corrected chi connectivity index (χ1v) is 8.55. The molecule has 2 aliphatic rings. The molecule has 0 bridgehead atoms. The molecule has 0 aromatic heterocycles. The average Bonchev–Trinajstić information content (AvgIpc) is 2.54. The number of carbonyl (C=O) groups is 2. The summed E-state index contributed by atoms with van der Waals surface area (Å²) in [5, 5.41) is 2.56. The lowest BCUT2D eigenvalue weighted by Gasteiger charge is -2.37. The second-order valence-corrected chi connectivity index (χ2v) is 6.81. The maximum Gasteiger partial charge on any atom is 0.241 e. The zero-order valence-corrected chi connectivity index (χ0v) is 16.2. The number of nitrogens with two attached hydrogens (primary N) is 1. The second-order valence-electron chi connectivity index (χ2n) is 6.81. The molecule has 0 aliphatic carbocycles. The van der Waals surface area contributed by atoms with Gasteiger partial charge in [-0.25, -0.2) is 0 Å². The topological polar surface area (TPSA) is 78.7 Å². The molecule has 1 atom stereocenters. The Kier molecular flexibility index (Phi) is 11.6. The standard InChI is InChI=1S/C16H30N4O2.2ClH/c1-13-4-7-19(8-5-13)11-14-3-2-6-20(12-14)16(22)10-18-15(21)9-17;;/h13-14H,2-12,17H2,1H3,(H,18,21);2*1H. The van der Waals surface area contributed by atoms with Crippen molar-refractivity contribution in [3.8, 4) is 0 Å². The van der Waals surface area contributed by atoms with Gasteiger partial charge in [-0.3, -0.25) is 9.59 Å². The Labute approximate surface area is 157 Å². The van der Waals surface area contributed by atoms with E-state index in [2.05, 4.69) is 17.1 Å². The van der Waals surface area contributed by atoms with Crippen LogP contribution in [0.4, 0.5) is 0 Å². The van der Waals surface area contributed by atoms with Gasteiger partial charge < -0.3 is 20.9 Å². The van der Waals surface area contributed by atoms with Gasteiger partial charge in [0.25, 0.3) is 0 Å². The monoisotopic (exact) mass is 382 g/mol. The molecule has 0 saturated carbocycles. The Bertz CT molecular complexity index is 390. The third-order valence-electron chi connectivity index (χ3n) is 4.89. The molecule has 3 N–H and O–H groups in total. The van der Waals surface area contributed by atoms with Crippen molar-refractivity contribution in [2.75, 3.05) is 45.8 Å². The molecule has 0 spiro atoms. The maximum absolute atomic E-state index is 12.2. The Balaban J connectivity index is 0.00000264. The molecule has 0 aromatic carbocycles. The van der Waals surface area contributed by atoms with Gasteiger partial charge in [0.15, 0.2) is 0 Å². The highest BCUT2D eigenvalue weighted by Crippen LogP contribution is 2.21. The lowest BCUT2D eigenvalue weighted by atomic mass is 9.94. The third kappa shape index (κ3) is 7.55. The number of hydrogen-bond acceptors (Lipinski definition) is 4. The number of hydrogen-bond donors (Lipinski definition) is 2. The van der Waals surface area contributed by atoms with Crippen LogP contribution < -0.4 is 11.1 Å². The summed E-state index contributed by atoms with van der Waals surface area (Å²) < 4.78 is 0. The molecule has 142 valence electrons. The predicted octanol–water partition coefficient (Wildman–Crippen LogP) is 0.875. The van der Waals surface area contributed by atoms with E-state index < -0.39 is 0 Å². The van der Waals surface area contributed by atoms with Crippen LogP contribution in [0.2, 0.25) is 0 Å². The highest BCUT2D eigenvalue weighted by Gasteiger charge is 2.26. The maximum atomic E-state index is 12.2. The Morgan fingerprint density at radius 3 is 2.42 bits per heavy atom. The van der Waals surface area contributed by atoms with Crippen molar-refractivity contribution < 1.29 is 9.59 Å². The largest absolute Gasteiger partial charge is 0.346 e. The van der Waals surface area contributed by atoms with Crippen LogP contribution in [-0.4, -0.2) is 67.4 Å². The summed E-state index contributed by atoms with van der Waals surface area (Å²) in [7, 11) is 0. The summed E-state index contributed by atoms with van der Waals surface area (Å²) in [5.74, 6) is 1.16. The van der Waals surface area contributed by atoms with Gasteiger partial charge in [-0.15, -0.1) is 24.8 Å². The number of halogens is 2. The quantitative estimate of drug-likeness (QED) is 0.739. The van der Waals surface area contributed by atoms with Crippen LogP contribution >= 0.6 is 24.8 Å². The van der Waals surface area contributed by atoms with Gasteiger partial charge in [0, 0.05) is 19.6 Å². The van der Waals surface area contributed by atoms with E-state index in [1.165, 1.54) is 32.4 Å². The van der Waals surface area contributed by atoms with Gasteiger partial charge in [-0.1, -0.05) is 6.92 Å². The molecular weight excluding hydrogens is 351 g/mol. The van der Waals surface area contributed by atoms with E-state index in [4.69, 9.17) is 5.73 Å². The van der Waals surface area contributed by atoms with E-state index in [0.717, 1.165) is 32.0 Å². The lowest BCUT2D eigenvalue weighted by Crippen LogP contribution is -2.48. The Morgan fingerprint density at radius 1 is 1.12 bits per heavy atom. The van der Waals surface area contributed by atoms with Crippen LogP contribution in [-0.2, 0) is 9.59 Å². The highest BCUT2D eigenvalue weighted by molar-refractivity contribution is 5.86. The molecule has 6 nitrogen and oxygen atoms in total. The fourth-order valence-electron chi connectivity index (χ4n) is 3.41. The second kappa shape index (κ2) is 11.9. The number of nitrogens with zero attached hydrogens (tertiary/aromatic N) is 2. The van der Waals surface area contributed by atoms with E-state index in [1.807, 2.05) is 4.90 Å². The minimum atomic E-state index is -0.274. The molecule has 8 heteroatoms. The first kappa shape index (κ1) is 23.4. The summed E-state index contributed by atoms with van der Waals surface area (Å²) >= 11 is 0. The lowest BCUT2D eigenvalue weighted by molar-refractivity contribution is -0.134. The van der Waals surface area contributed by atoms with E-state index in [0.29, 0.717) is 5.92 Å². The van der Waals surface area contributed by atoms with Gasteiger partial charge >= 0.3 is 0 Å². The van der Waals surface area contributed by atoms with Crippen LogP contribution in [0, 0.1) is 11.8 Å². The summed E-state index contributed by atoms with van der Waals surface area (Å²) in [4.78, 5) is 27.7. The van der Waals surface area contributed by atoms with Crippen molar-refractivity contribution in [3.05, 3.63) is 0 Å². The fourth-order valence-corrected chi connectivity index (χ4v) is 3.41. The molecule has 2 aliphatic heterocycles. The summed E-state index contributed by atoms with van der Waals surface area (Å²) in [6, 6.07) is 0. The van der Waals surface area contributed by atoms with Gasteiger partial charge in [-0.2, -0.15) is 0 Å². The molecule has 24 heavy (non-hydrogen) atoms. The Morgan fingerprint density at radius 2 is 1.79 bits per heavy atom. The first-order chi connectivity index (χ1) is 10.6. The van der Waals surface area contributed by atoms with Gasteiger partial charge in [0.1, 0.15) is 0 Å². The van der Waals surface area contributed by atoms with Crippen molar-refractivity contribution in [3.63, 3.8) is 0 Å². The zero-order valence-electron chi connectivity index (χ0n) is 14.5. The molecule has 0 aromatic rings. The van der Waals surface area contributed by atoms with E-state index >= 15 is 0 Å². The van der Waals surface area contributed by atoms with Gasteiger partial charge in [0.2, 0.25) is 11.8 Å². The fraction of sp³-hybridized carbons (Fsp3) is 0.875. The number of nitrogens with one attached hydrogen (secondary N) is 1. The third-order valence-corrected chi connectivity index (χ3v) is 4.89. The van der Waals surface area contributed by atoms with Crippen molar-refractivity contribution in [2.24, 2.45) is 17.6 Å². The molecule has 2 heterocycles. The number of carbonyl (C=O) groups excluding carboxylic acids is 2. The number of likely N-dealkylation sites (tertiary alicyclic amines) is 2. The highest BCUT2D eigenvalue weighted by atomic mass is 35.5. The van der Waals surface area contributed by atoms with Gasteiger partial charge in [0.05, 0.1) is 13.1 Å². The molecule has 2 rings (SSSR count). The van der Waals surface area contributed by atoms with E-state index in [-0.39, 0.29) is 49.7 Å². The minimum Gasteiger partial charge on any atom is -0.346 e. The molecule has 0 radical (unpaired) electrons. The van der Waals surface area contributed by atoms with Crippen molar-refractivity contribution in [1.29, 1.82) is 0 Å². The van der Waals surface area contributed by atoms with Crippen LogP contribution in [0.3, 0.4) is 0 Å². The average molecular weight is 383 g/mol. The number of rotatable bonds is 5. The van der Waals surface area contributed by atoms with Gasteiger partial charge in [-0.05, 0) is 50.6 Å². The molecule has 2 fully saturated rings. The van der Waals surface area contributed by atoms with Crippen molar-refractivity contribution >= 4 is 36.6 Å². The van der Waals surface area contributed by atoms with Crippen molar-refractivity contribution in [2.45, 2.75) is 32.6 Å². The van der Waals surface area contributed by atoms with Crippen LogP contribution in [0.1, 0.15) is 32.6 Å². The number of piperidine rings is 2. The van der Waals surface area contributed by atoms with Crippen LogP contribution in [0.25, 0.3) is 0 Å². The molecule has 2 amide bonds. The summed E-state index contributed by atoms with van der Waals surface area (Å²) in [6.45, 7) is 7.46. The van der Waals surface area contributed by atoms with Crippen LogP contribution in [0.5, 0.6) is 0 Å². The molecule has 1 unspecified atom stereocenters. The summed E-state index contributed by atoms with van der Waals surface area (Å²) in [6.07, 6.45) is 4.84. The van der Waals surface area contributed by atoms with Crippen LogP contribution in [0.15, 0.2) is 0 Å². The molecule has 2 saturated heterocycles. The number of amides is 2. The normalized spacial score (nSPS) is 22.2. The first-order valence-electron chi connectivity index (χ1n) is 8.55. The summed E-state index contributed by atoms with van der Waals surface area (Å²) in [5.41, 5.74) is 5.23. The SMILES string of the molecule is CC1CCN(CC2CCCN(C(=O)CNC(=O)CN)C2)CC1.Cl.Cl. The minimum absolute atomic E-state index is 0. The van der Waals surface area contributed by atoms with Crippen molar-refractivity contribution in [1.82, 2.24) is 15.1 Å². The molecular formula is C16H32Cl2N4O2. The smallest absolute Gasteiger partial charge is 0.241 e. The zero-order chi connectivity index (χ0) is 15.9. The Hall–Kier alpha value is -0.560. The van der Waals surface area contributed by atoms with E-state index in [1.54, 1.807) is 0 Å². The van der Waals surface area contributed by atoms with E-state index in [9.17, 15) is 9.59 Å². The predicted molar refractivity (Wildman–Crippen MR) is 101 cm³/mol.